The number of hydrogen-bond donors (Lipinski definition) is 2. The molecule has 0 fully saturated rings. The van der Waals surface area contributed by atoms with Crippen LogP contribution in [-0.4, -0.2) is 31.0 Å². The van der Waals surface area contributed by atoms with E-state index in [1.54, 1.807) is 38.6 Å². The summed E-state index contributed by atoms with van der Waals surface area (Å²) in [5.74, 6) is 0.836. The molecule has 0 radical (unpaired) electrons. The first-order valence-electron chi connectivity index (χ1n) is 10.9. The van der Waals surface area contributed by atoms with Gasteiger partial charge >= 0.3 is 0 Å². The van der Waals surface area contributed by atoms with Gasteiger partial charge in [0.2, 0.25) is 0 Å². The third kappa shape index (κ3) is 4.85. The van der Waals surface area contributed by atoms with Gasteiger partial charge in [0.05, 0.1) is 31.4 Å². The van der Waals surface area contributed by atoms with E-state index in [2.05, 4.69) is 15.6 Å². The Labute approximate surface area is 197 Å². The zero-order chi connectivity index (χ0) is 23.4. The first kappa shape index (κ1) is 22.8. The van der Waals surface area contributed by atoms with Gasteiger partial charge in [0.25, 0.3) is 11.8 Å². The van der Waals surface area contributed by atoms with Gasteiger partial charge in [0.15, 0.2) is 0 Å². The minimum absolute atomic E-state index is 0.207. The second-order valence-electron chi connectivity index (χ2n) is 7.91. The van der Waals surface area contributed by atoms with Crippen LogP contribution in [0, 0.1) is 0 Å². The lowest BCUT2D eigenvalue weighted by atomic mass is 9.95. The molecule has 2 amide bonds. The van der Waals surface area contributed by atoms with E-state index in [1.807, 2.05) is 19.1 Å². The van der Waals surface area contributed by atoms with Crippen molar-refractivity contribution in [3.8, 4) is 11.5 Å². The number of hydrogen-bond acceptors (Lipinski definition) is 6. The fraction of sp³-hybridized carbons (Fsp3) is 0.320. The van der Waals surface area contributed by atoms with Crippen LogP contribution < -0.4 is 20.1 Å². The lowest BCUT2D eigenvalue weighted by Crippen LogP contribution is -2.28. The highest BCUT2D eigenvalue weighted by Gasteiger charge is 2.28. The second kappa shape index (κ2) is 10.0. The zero-order valence-corrected chi connectivity index (χ0v) is 19.8. The van der Waals surface area contributed by atoms with E-state index in [0.717, 1.165) is 36.8 Å². The van der Waals surface area contributed by atoms with E-state index in [4.69, 9.17) is 9.47 Å². The molecule has 2 heterocycles. The van der Waals surface area contributed by atoms with Crippen LogP contribution in [0.3, 0.4) is 0 Å². The van der Waals surface area contributed by atoms with Crippen LogP contribution in [0.15, 0.2) is 42.7 Å². The molecule has 1 atom stereocenters. The monoisotopic (exact) mass is 465 g/mol. The fourth-order valence-electron chi connectivity index (χ4n) is 4.09. The Bertz CT molecular complexity index is 1160. The Hall–Kier alpha value is -3.39. The van der Waals surface area contributed by atoms with Gasteiger partial charge in [-0.3, -0.25) is 14.6 Å². The van der Waals surface area contributed by atoms with E-state index in [-0.39, 0.29) is 17.9 Å². The van der Waals surface area contributed by atoms with Crippen LogP contribution in [-0.2, 0) is 12.8 Å². The standard InChI is InChI=1S/C25H27N3O4S/c1-15(18-11-10-17(31-2)13-20(18)32-3)27-24(30)22-19-8-4-5-9-21(19)33-25(22)28-23(29)16-7-6-12-26-14-16/h6-7,10-15H,4-5,8-9H2,1-3H3,(H,27,30)(H,28,29). The van der Waals surface area contributed by atoms with E-state index in [9.17, 15) is 9.59 Å². The minimum atomic E-state index is -0.306. The van der Waals surface area contributed by atoms with Crippen molar-refractivity contribution in [1.29, 1.82) is 0 Å². The molecule has 1 aliphatic rings. The molecule has 1 aromatic carbocycles. The smallest absolute Gasteiger partial charge is 0.257 e. The number of nitrogens with zero attached hydrogens (tertiary/aromatic N) is 1. The average Bonchev–Trinajstić information content (AvgIpc) is 3.21. The largest absolute Gasteiger partial charge is 0.497 e. The number of thiophene rings is 1. The van der Waals surface area contributed by atoms with E-state index in [1.165, 1.54) is 22.4 Å². The van der Waals surface area contributed by atoms with Crippen LogP contribution in [0.1, 0.15) is 62.5 Å². The average molecular weight is 466 g/mol. The first-order valence-corrected chi connectivity index (χ1v) is 11.7. The number of amides is 2. The predicted molar refractivity (Wildman–Crippen MR) is 129 cm³/mol. The van der Waals surface area contributed by atoms with Crippen molar-refractivity contribution in [3.05, 3.63) is 69.9 Å². The summed E-state index contributed by atoms with van der Waals surface area (Å²) < 4.78 is 10.8. The summed E-state index contributed by atoms with van der Waals surface area (Å²) >= 11 is 1.49. The van der Waals surface area contributed by atoms with Gasteiger partial charge < -0.3 is 20.1 Å². The molecule has 2 aromatic heterocycles. The SMILES string of the molecule is COc1ccc(C(C)NC(=O)c2c(NC(=O)c3cccnc3)sc3c2CCCC3)c(OC)c1. The van der Waals surface area contributed by atoms with Crippen molar-refractivity contribution >= 4 is 28.2 Å². The molecule has 1 unspecified atom stereocenters. The maximum Gasteiger partial charge on any atom is 0.257 e. The second-order valence-corrected chi connectivity index (χ2v) is 9.02. The molecular weight excluding hydrogens is 438 g/mol. The molecule has 0 saturated heterocycles. The number of methoxy groups -OCH3 is 2. The molecule has 0 spiro atoms. The number of carbonyl (C=O) groups is 2. The summed E-state index contributed by atoms with van der Waals surface area (Å²) in [6, 6.07) is 8.63. The lowest BCUT2D eigenvalue weighted by Gasteiger charge is -2.19. The number of rotatable bonds is 7. The Morgan fingerprint density at radius 1 is 1.09 bits per heavy atom. The number of benzene rings is 1. The third-order valence-corrected chi connectivity index (χ3v) is 7.01. The van der Waals surface area contributed by atoms with E-state index < -0.39 is 0 Å². The molecule has 0 saturated carbocycles. The molecule has 0 aliphatic heterocycles. The number of anilines is 1. The predicted octanol–water partition coefficient (Wildman–Crippen LogP) is 4.78. The highest BCUT2D eigenvalue weighted by atomic mass is 32.1. The number of aryl methyl sites for hydroxylation is 1. The Kier molecular flexibility index (Phi) is 6.93. The van der Waals surface area contributed by atoms with Gasteiger partial charge in [-0.1, -0.05) is 0 Å². The van der Waals surface area contributed by atoms with Crippen molar-refractivity contribution in [2.24, 2.45) is 0 Å². The Balaban J connectivity index is 1.62. The molecule has 172 valence electrons. The van der Waals surface area contributed by atoms with Crippen molar-refractivity contribution in [2.75, 3.05) is 19.5 Å². The number of carbonyl (C=O) groups excluding carboxylic acids is 2. The van der Waals surface area contributed by atoms with Crippen molar-refractivity contribution in [3.63, 3.8) is 0 Å². The molecular formula is C25H27N3O4S. The first-order chi connectivity index (χ1) is 16.0. The molecule has 1 aliphatic carbocycles. The van der Waals surface area contributed by atoms with Crippen molar-refractivity contribution in [1.82, 2.24) is 10.3 Å². The van der Waals surface area contributed by atoms with Crippen LogP contribution in [0.25, 0.3) is 0 Å². The summed E-state index contributed by atoms with van der Waals surface area (Å²) in [4.78, 5) is 31.5. The van der Waals surface area contributed by atoms with Gasteiger partial charge in [-0.25, -0.2) is 0 Å². The number of nitrogens with one attached hydrogen (secondary N) is 2. The van der Waals surface area contributed by atoms with Crippen LogP contribution in [0.4, 0.5) is 5.00 Å². The summed E-state index contributed by atoms with van der Waals surface area (Å²) in [6.45, 7) is 1.91. The zero-order valence-electron chi connectivity index (χ0n) is 18.9. The minimum Gasteiger partial charge on any atom is -0.497 e. The highest BCUT2D eigenvalue weighted by molar-refractivity contribution is 7.17. The maximum absolute atomic E-state index is 13.5. The van der Waals surface area contributed by atoms with Gasteiger partial charge in [0.1, 0.15) is 16.5 Å². The number of pyridine rings is 1. The normalized spacial score (nSPS) is 13.5. The van der Waals surface area contributed by atoms with E-state index >= 15 is 0 Å². The van der Waals surface area contributed by atoms with Gasteiger partial charge in [-0.2, -0.15) is 0 Å². The van der Waals surface area contributed by atoms with Crippen molar-refractivity contribution in [2.45, 2.75) is 38.6 Å². The molecule has 3 aromatic rings. The van der Waals surface area contributed by atoms with Gasteiger partial charge in [0, 0.05) is 28.9 Å². The topological polar surface area (TPSA) is 89.6 Å². The quantitative estimate of drug-likeness (QED) is 0.524. The van der Waals surface area contributed by atoms with Crippen LogP contribution >= 0.6 is 11.3 Å². The molecule has 2 N–H and O–H groups in total. The van der Waals surface area contributed by atoms with E-state index in [0.29, 0.717) is 27.6 Å². The Morgan fingerprint density at radius 2 is 1.91 bits per heavy atom. The third-order valence-electron chi connectivity index (χ3n) is 5.80. The molecule has 7 nitrogen and oxygen atoms in total. The highest BCUT2D eigenvalue weighted by Crippen LogP contribution is 2.39. The molecule has 0 bridgehead atoms. The van der Waals surface area contributed by atoms with Gasteiger partial charge in [-0.05, 0) is 62.4 Å². The lowest BCUT2D eigenvalue weighted by molar-refractivity contribution is 0.0939. The van der Waals surface area contributed by atoms with Crippen molar-refractivity contribution < 1.29 is 19.1 Å². The number of fused-ring (bicyclic) bond motifs is 1. The fourth-order valence-corrected chi connectivity index (χ4v) is 5.37. The van der Waals surface area contributed by atoms with Gasteiger partial charge in [-0.15, -0.1) is 11.3 Å². The summed E-state index contributed by atoms with van der Waals surface area (Å²) in [5, 5.41) is 6.64. The Morgan fingerprint density at radius 3 is 2.64 bits per heavy atom. The number of ether oxygens (including phenoxy) is 2. The molecule has 4 rings (SSSR count). The number of aromatic nitrogens is 1. The summed E-state index contributed by atoms with van der Waals surface area (Å²) in [7, 11) is 3.19. The summed E-state index contributed by atoms with van der Waals surface area (Å²) in [5.41, 5.74) is 2.90. The summed E-state index contributed by atoms with van der Waals surface area (Å²) in [6.07, 6.45) is 7.00. The molecule has 8 heteroatoms. The van der Waals surface area contributed by atoms with Crippen LogP contribution in [0.2, 0.25) is 0 Å². The maximum atomic E-state index is 13.5. The molecule has 33 heavy (non-hydrogen) atoms. The van der Waals surface area contributed by atoms with Crippen LogP contribution in [0.5, 0.6) is 11.5 Å².